The molecule has 2 saturated carbocycles. The first-order valence-corrected chi connectivity index (χ1v) is 12.3. The van der Waals surface area contributed by atoms with Crippen LogP contribution in [-0.2, 0) is 21.1 Å². The van der Waals surface area contributed by atoms with Crippen LogP contribution in [-0.4, -0.2) is 13.3 Å². The van der Waals surface area contributed by atoms with E-state index in [9.17, 15) is 25.2 Å². The Labute approximate surface area is 188 Å². The largest absolute Gasteiger partial charge is 2.00 e. The second kappa shape index (κ2) is 16.0. The zero-order chi connectivity index (χ0) is 22.2. The molecule has 1 aromatic rings. The minimum Gasteiger partial charge on any atom is -0.346 e. The van der Waals surface area contributed by atoms with Gasteiger partial charge in [-0.05, 0) is 82.8 Å². The van der Waals surface area contributed by atoms with E-state index < -0.39 is 7.81 Å². The number of halogens is 6. The molecule has 0 aromatic heterocycles. The molecule has 0 spiro atoms. The van der Waals surface area contributed by atoms with Crippen LogP contribution in [0.15, 0.2) is 30.3 Å². The maximum absolute atomic E-state index is 10.7. The molecule has 29 heavy (non-hydrogen) atoms. The Morgan fingerprint density at radius 1 is 0.586 bits per heavy atom. The minimum absolute atomic E-state index is 0. The van der Waals surface area contributed by atoms with Crippen molar-refractivity contribution in [1.82, 2.24) is 0 Å². The van der Waals surface area contributed by atoms with Gasteiger partial charge in [0.2, 0.25) is 0 Å². The van der Waals surface area contributed by atoms with Gasteiger partial charge in [0.1, 0.15) is 0 Å². The molecular weight excluding hydrogens is 512 g/mol. The Morgan fingerprint density at radius 2 is 0.793 bits per heavy atom. The second-order valence-corrected chi connectivity index (χ2v) is 9.33. The van der Waals surface area contributed by atoms with Gasteiger partial charge < -0.3 is 6.92 Å². The molecule has 0 N–H and O–H groups in total. The van der Waals surface area contributed by atoms with Crippen molar-refractivity contribution < 1.29 is 46.2 Å². The smallest absolute Gasteiger partial charge is 0.346 e. The summed E-state index contributed by atoms with van der Waals surface area (Å²) in [5.74, 6) is 0. The molecule has 0 atom stereocenters. The number of hydrogen-bond donors (Lipinski definition) is 0. The summed E-state index contributed by atoms with van der Waals surface area (Å²) in [7, 11) is -10.6. The van der Waals surface area contributed by atoms with Crippen molar-refractivity contribution in [3.05, 3.63) is 101 Å². The van der Waals surface area contributed by atoms with Gasteiger partial charge in [0.15, 0.2) is 0 Å². The zero-order valence-corrected chi connectivity index (χ0v) is 20.2. The van der Waals surface area contributed by atoms with Crippen molar-refractivity contribution in [2.45, 2.75) is 6.92 Å². The van der Waals surface area contributed by atoms with Gasteiger partial charge in [-0.15, -0.1) is 0 Å². The van der Waals surface area contributed by atoms with Gasteiger partial charge >= 0.3 is 54.1 Å². The summed E-state index contributed by atoms with van der Waals surface area (Å²) in [6, 6.07) is 10.6. The molecule has 0 amide bonds. The van der Waals surface area contributed by atoms with E-state index in [2.05, 4.69) is 50.6 Å². The van der Waals surface area contributed by atoms with E-state index in [1.165, 1.54) is 5.30 Å². The molecule has 2 aliphatic rings. The SMILES string of the molecule is CP(C)c1ccccc1.F[P-](F)(F)(F)(F)F.[CH2-]C.[CH]1[CH][CH][CH][CH]1.[CH]1[CH][CH][CH][CH]1.[Mo+2]. The van der Waals surface area contributed by atoms with Crippen molar-refractivity contribution in [1.29, 1.82) is 0 Å². The second-order valence-electron chi connectivity index (χ2n) is 5.11. The summed E-state index contributed by atoms with van der Waals surface area (Å²) in [6.45, 7) is 9.54. The monoisotopic (exact) mass is 540 g/mol. The molecular formula is C20H26F6MoP2. The maximum atomic E-state index is 9.87. The summed E-state index contributed by atoms with van der Waals surface area (Å²) >= 11 is 0. The molecule has 2 aliphatic carbocycles. The van der Waals surface area contributed by atoms with Gasteiger partial charge in [0.05, 0.1) is 0 Å². The summed E-state index contributed by atoms with van der Waals surface area (Å²) in [4.78, 5) is 0. The quantitative estimate of drug-likeness (QED) is 0.146. The van der Waals surface area contributed by atoms with Gasteiger partial charge in [0.25, 0.3) is 0 Å². The van der Waals surface area contributed by atoms with Gasteiger partial charge in [-0.2, -0.15) is 6.92 Å². The van der Waals surface area contributed by atoms with E-state index in [0.29, 0.717) is 0 Å². The maximum Gasteiger partial charge on any atom is 2.00 e. The number of hydrogen-bond acceptors (Lipinski definition) is 0. The molecule has 0 saturated heterocycles. The molecule has 0 nitrogen and oxygen atoms in total. The molecule has 164 valence electrons. The van der Waals surface area contributed by atoms with E-state index in [1.807, 2.05) is 64.2 Å². The Bertz CT molecular complexity index is 433. The van der Waals surface area contributed by atoms with Crippen molar-refractivity contribution in [2.24, 2.45) is 0 Å². The van der Waals surface area contributed by atoms with E-state index in [0.717, 1.165) is 0 Å². The molecule has 3 rings (SSSR count). The van der Waals surface area contributed by atoms with Crippen LogP contribution < -0.4 is 5.30 Å². The fraction of sp³-hybridized carbons (Fsp3) is 0.150. The fourth-order valence-corrected chi connectivity index (χ4v) is 2.14. The van der Waals surface area contributed by atoms with Crippen LogP contribution in [0.3, 0.4) is 0 Å². The van der Waals surface area contributed by atoms with Crippen LogP contribution in [0, 0.1) is 71.1 Å². The topological polar surface area (TPSA) is 0 Å². The molecule has 10 radical (unpaired) electrons. The van der Waals surface area contributed by atoms with Gasteiger partial charge in [-0.1, -0.05) is 38.3 Å². The van der Waals surface area contributed by atoms with Crippen molar-refractivity contribution >= 4 is 21.0 Å². The first-order valence-electron chi connectivity index (χ1n) is 8.08. The van der Waals surface area contributed by atoms with E-state index in [4.69, 9.17) is 0 Å². The van der Waals surface area contributed by atoms with Crippen molar-refractivity contribution in [2.75, 3.05) is 13.3 Å². The molecule has 9 heteroatoms. The van der Waals surface area contributed by atoms with Crippen LogP contribution in [0.1, 0.15) is 6.92 Å². The average Bonchev–Trinajstić information content (AvgIpc) is 3.33. The van der Waals surface area contributed by atoms with Crippen LogP contribution in [0.2, 0.25) is 0 Å². The fourth-order valence-electron chi connectivity index (χ4n) is 1.37. The Morgan fingerprint density at radius 3 is 0.931 bits per heavy atom. The van der Waals surface area contributed by atoms with E-state index in [-0.39, 0.29) is 29.0 Å². The first kappa shape index (κ1) is 34.0. The summed E-state index contributed by atoms with van der Waals surface area (Å²) in [5.41, 5.74) is 0. The Hall–Kier alpha value is 0.348. The first-order chi connectivity index (χ1) is 12.8. The zero-order valence-electron chi connectivity index (χ0n) is 16.4. The molecule has 0 unspecified atom stereocenters. The van der Waals surface area contributed by atoms with Gasteiger partial charge in [-0.25, -0.2) is 0 Å². The third kappa shape index (κ3) is 39.4. The Kier molecular flexibility index (Phi) is 18.8. The number of benzene rings is 1. The predicted molar refractivity (Wildman–Crippen MR) is 112 cm³/mol. The van der Waals surface area contributed by atoms with Crippen LogP contribution in [0.5, 0.6) is 0 Å². The molecule has 2 fully saturated rings. The molecule has 0 aliphatic heterocycles. The minimum atomic E-state index is -10.7. The summed E-state index contributed by atoms with van der Waals surface area (Å²) in [6.07, 6.45) is 20.0. The van der Waals surface area contributed by atoms with Gasteiger partial charge in [0, 0.05) is 0 Å². The van der Waals surface area contributed by atoms with Crippen LogP contribution in [0.25, 0.3) is 0 Å². The van der Waals surface area contributed by atoms with Crippen LogP contribution >= 0.6 is 15.7 Å². The predicted octanol–water partition coefficient (Wildman–Crippen LogP) is 8.32. The van der Waals surface area contributed by atoms with E-state index >= 15 is 0 Å². The summed E-state index contributed by atoms with van der Waals surface area (Å²) in [5, 5.41) is 1.48. The molecule has 0 heterocycles. The average molecular weight is 538 g/mol. The standard InChI is InChI=1S/C8H11P.2C5H5.C2H5.F6P.Mo/c1-9(2)8-6-4-3-5-7-8;2*1-2-4-5-3-1;1-2;1-7(2,3,4,5)6;/h3-7H,1-2H3;2*1-5H;1H2,2H3;;/q;;;2*-1;+2. The third-order valence-electron chi connectivity index (χ3n) is 2.38. The van der Waals surface area contributed by atoms with Crippen molar-refractivity contribution in [3.63, 3.8) is 0 Å². The molecule has 0 bridgehead atoms. The van der Waals surface area contributed by atoms with E-state index in [1.54, 1.807) is 6.92 Å². The Balaban J connectivity index is -0.000000306. The van der Waals surface area contributed by atoms with Gasteiger partial charge in [-0.3, -0.25) is 0 Å². The summed E-state index contributed by atoms with van der Waals surface area (Å²) < 4.78 is 59.2. The third-order valence-corrected chi connectivity index (χ3v) is 3.71. The number of rotatable bonds is 1. The normalized spacial score (nSPS) is 17.2. The van der Waals surface area contributed by atoms with Crippen LogP contribution in [0.4, 0.5) is 25.2 Å². The van der Waals surface area contributed by atoms with Crippen molar-refractivity contribution in [3.8, 4) is 0 Å². The molecule has 1 aromatic carbocycles.